The van der Waals surface area contributed by atoms with Crippen LogP contribution in [0.2, 0.25) is 5.02 Å². The van der Waals surface area contributed by atoms with E-state index in [1.165, 1.54) is 43.4 Å². The Morgan fingerprint density at radius 2 is 1.66 bits per heavy atom. The van der Waals surface area contributed by atoms with Crippen LogP contribution in [0, 0.1) is 5.82 Å². The van der Waals surface area contributed by atoms with Crippen molar-refractivity contribution in [1.29, 1.82) is 0 Å². The van der Waals surface area contributed by atoms with Gasteiger partial charge in [-0.15, -0.1) is 0 Å². The van der Waals surface area contributed by atoms with E-state index >= 15 is 0 Å². The first-order valence-corrected chi connectivity index (χ1v) is 11.2. The summed E-state index contributed by atoms with van der Waals surface area (Å²) in [4.78, 5) is 27.8. The molecule has 180 valence electrons. The Morgan fingerprint density at radius 3 is 2.29 bits per heavy atom. The first kappa shape index (κ1) is 24.3. The van der Waals surface area contributed by atoms with Gasteiger partial charge in [0.15, 0.2) is 0 Å². The zero-order chi connectivity index (χ0) is 25.1. The Bertz CT molecular complexity index is 1290. The fourth-order valence-electron chi connectivity index (χ4n) is 4.18. The van der Waals surface area contributed by atoms with Gasteiger partial charge in [0.25, 0.3) is 11.7 Å². The molecule has 1 amide bonds. The van der Waals surface area contributed by atoms with Crippen LogP contribution < -0.4 is 9.47 Å². The topological polar surface area (TPSA) is 76.1 Å². The first-order chi connectivity index (χ1) is 16.8. The molecule has 1 heterocycles. The lowest BCUT2D eigenvalue weighted by Crippen LogP contribution is -2.31. The highest BCUT2D eigenvalue weighted by Gasteiger charge is 2.46. The van der Waals surface area contributed by atoms with Gasteiger partial charge in [0.05, 0.1) is 36.4 Å². The van der Waals surface area contributed by atoms with Gasteiger partial charge < -0.3 is 19.5 Å². The predicted molar refractivity (Wildman–Crippen MR) is 130 cm³/mol. The van der Waals surface area contributed by atoms with Crippen LogP contribution in [0.3, 0.4) is 0 Å². The number of aliphatic hydroxyl groups excluding tert-OH is 1. The van der Waals surface area contributed by atoms with E-state index < -0.39 is 23.5 Å². The Kier molecular flexibility index (Phi) is 7.07. The Balaban J connectivity index is 1.82. The molecule has 1 saturated heterocycles. The van der Waals surface area contributed by atoms with Crippen molar-refractivity contribution in [2.75, 3.05) is 20.8 Å². The van der Waals surface area contributed by atoms with Crippen molar-refractivity contribution in [1.82, 2.24) is 4.90 Å². The van der Waals surface area contributed by atoms with Gasteiger partial charge in [-0.2, -0.15) is 0 Å². The van der Waals surface area contributed by atoms with E-state index in [2.05, 4.69) is 0 Å². The molecule has 1 aliphatic rings. The summed E-state index contributed by atoms with van der Waals surface area (Å²) in [5.74, 6) is -1.80. The quantitative estimate of drug-likeness (QED) is 0.278. The van der Waals surface area contributed by atoms with Gasteiger partial charge in [0, 0.05) is 12.6 Å². The van der Waals surface area contributed by atoms with Crippen LogP contribution in [0.5, 0.6) is 11.5 Å². The molecule has 0 aliphatic carbocycles. The molecule has 1 fully saturated rings. The molecule has 4 rings (SSSR count). The number of halogens is 2. The van der Waals surface area contributed by atoms with Gasteiger partial charge in [-0.3, -0.25) is 9.59 Å². The van der Waals surface area contributed by atoms with Crippen molar-refractivity contribution in [2.24, 2.45) is 0 Å². The smallest absolute Gasteiger partial charge is 0.295 e. The van der Waals surface area contributed by atoms with Gasteiger partial charge in [-0.25, -0.2) is 4.39 Å². The van der Waals surface area contributed by atoms with E-state index in [4.69, 9.17) is 21.1 Å². The van der Waals surface area contributed by atoms with Crippen LogP contribution >= 0.6 is 11.6 Å². The maximum atomic E-state index is 13.3. The number of methoxy groups -OCH3 is 2. The molecule has 3 aromatic rings. The second-order valence-electron chi connectivity index (χ2n) is 7.97. The summed E-state index contributed by atoms with van der Waals surface area (Å²) in [5, 5.41) is 11.6. The van der Waals surface area contributed by atoms with E-state index in [-0.39, 0.29) is 40.0 Å². The minimum absolute atomic E-state index is 0.0667. The highest BCUT2D eigenvalue weighted by molar-refractivity contribution is 6.46. The lowest BCUT2D eigenvalue weighted by Gasteiger charge is -2.25. The van der Waals surface area contributed by atoms with Gasteiger partial charge >= 0.3 is 0 Å². The molecule has 0 bridgehead atoms. The average Bonchev–Trinajstić information content (AvgIpc) is 3.13. The molecule has 0 aromatic heterocycles. The maximum Gasteiger partial charge on any atom is 0.295 e. The number of Topliss-reactive ketones (excluding diaryl/α,β-unsaturated/α-hetero) is 1. The molecule has 0 saturated carbocycles. The lowest BCUT2D eigenvalue weighted by atomic mass is 9.95. The third-order valence-corrected chi connectivity index (χ3v) is 6.23. The molecule has 0 radical (unpaired) electrons. The van der Waals surface area contributed by atoms with Gasteiger partial charge in [-0.1, -0.05) is 54.1 Å². The molecule has 1 N–H and O–H groups in total. The largest absolute Gasteiger partial charge is 0.507 e. The zero-order valence-electron chi connectivity index (χ0n) is 19.1. The van der Waals surface area contributed by atoms with Crippen LogP contribution in [-0.2, 0) is 16.0 Å². The summed E-state index contributed by atoms with van der Waals surface area (Å²) < 4.78 is 23.9. The van der Waals surface area contributed by atoms with Crippen molar-refractivity contribution in [3.63, 3.8) is 0 Å². The molecule has 1 aliphatic heterocycles. The van der Waals surface area contributed by atoms with Crippen molar-refractivity contribution >= 4 is 29.1 Å². The fraction of sp³-hybridized carbons (Fsp3) is 0.185. The second kappa shape index (κ2) is 10.2. The van der Waals surface area contributed by atoms with Crippen LogP contribution in [0.15, 0.2) is 72.3 Å². The van der Waals surface area contributed by atoms with Crippen molar-refractivity contribution in [2.45, 2.75) is 12.5 Å². The number of likely N-dealkylation sites (tertiary alicyclic amines) is 1. The highest BCUT2D eigenvalue weighted by atomic mass is 35.5. The monoisotopic (exact) mass is 495 g/mol. The van der Waals surface area contributed by atoms with E-state index in [1.54, 1.807) is 36.4 Å². The highest BCUT2D eigenvalue weighted by Crippen LogP contribution is 2.43. The summed E-state index contributed by atoms with van der Waals surface area (Å²) in [6.45, 7) is 0.188. The number of benzene rings is 3. The van der Waals surface area contributed by atoms with Gasteiger partial charge in [0.1, 0.15) is 23.1 Å². The number of rotatable bonds is 7. The maximum absolute atomic E-state index is 13.3. The Labute approximate surface area is 207 Å². The minimum atomic E-state index is -0.831. The minimum Gasteiger partial charge on any atom is -0.507 e. The zero-order valence-corrected chi connectivity index (χ0v) is 19.9. The number of aliphatic hydroxyl groups is 1. The van der Waals surface area contributed by atoms with E-state index in [1.807, 2.05) is 6.07 Å². The summed E-state index contributed by atoms with van der Waals surface area (Å²) in [6, 6.07) is 17.0. The molecule has 1 unspecified atom stereocenters. The number of carbonyl (C=O) groups excluding carboxylic acids is 2. The molecule has 35 heavy (non-hydrogen) atoms. The fourth-order valence-corrected chi connectivity index (χ4v) is 4.41. The standard InChI is InChI=1S/C27H23ClFNO5/c1-34-21-15-20(28)22(35-2)14-19(21)25(31)23-24(17-6-4-3-5-7-17)30(27(33)26(23)32)13-12-16-8-10-18(29)11-9-16/h3-11,14-15,24,31H,12-13H2,1-2H3/b25-23+. The number of hydrogen-bond donors (Lipinski definition) is 1. The number of ether oxygens (including phenoxy) is 2. The number of carbonyl (C=O) groups is 2. The Hall–Kier alpha value is -3.84. The second-order valence-corrected chi connectivity index (χ2v) is 8.37. The summed E-state index contributed by atoms with van der Waals surface area (Å²) in [7, 11) is 2.83. The third-order valence-electron chi connectivity index (χ3n) is 5.94. The SMILES string of the molecule is COc1cc(/C(O)=C2\C(=O)C(=O)N(CCc3ccc(F)cc3)C2c2ccccc2)c(OC)cc1Cl. The van der Waals surface area contributed by atoms with Crippen molar-refractivity contribution in [3.05, 3.63) is 99.8 Å². The lowest BCUT2D eigenvalue weighted by molar-refractivity contribution is -0.139. The van der Waals surface area contributed by atoms with E-state index in [9.17, 15) is 19.1 Å². The van der Waals surface area contributed by atoms with Crippen molar-refractivity contribution in [3.8, 4) is 11.5 Å². The number of ketones is 1. The van der Waals surface area contributed by atoms with Crippen LogP contribution in [0.25, 0.3) is 5.76 Å². The predicted octanol–water partition coefficient (Wildman–Crippen LogP) is 5.16. The molecule has 1 atom stereocenters. The van der Waals surface area contributed by atoms with Crippen LogP contribution in [0.1, 0.15) is 22.7 Å². The molecule has 0 spiro atoms. The van der Waals surface area contributed by atoms with Gasteiger partial charge in [-0.05, 0) is 35.7 Å². The van der Waals surface area contributed by atoms with E-state index in [0.29, 0.717) is 12.0 Å². The van der Waals surface area contributed by atoms with Crippen molar-refractivity contribution < 1.29 is 28.6 Å². The molecular formula is C27H23ClFNO5. The molecular weight excluding hydrogens is 473 g/mol. The number of amides is 1. The first-order valence-electron chi connectivity index (χ1n) is 10.9. The molecule has 6 nitrogen and oxygen atoms in total. The molecule has 8 heteroatoms. The summed E-state index contributed by atoms with van der Waals surface area (Å²) in [5.41, 5.74) is 1.57. The number of nitrogens with zero attached hydrogens (tertiary/aromatic N) is 1. The summed E-state index contributed by atoms with van der Waals surface area (Å²) in [6.07, 6.45) is 0.398. The van der Waals surface area contributed by atoms with Gasteiger partial charge in [0.2, 0.25) is 0 Å². The number of hydrogen-bond acceptors (Lipinski definition) is 5. The third kappa shape index (κ3) is 4.72. The Morgan fingerprint density at radius 1 is 1.00 bits per heavy atom. The average molecular weight is 496 g/mol. The molecule has 3 aromatic carbocycles. The normalized spacial score (nSPS) is 17.0. The van der Waals surface area contributed by atoms with E-state index in [0.717, 1.165) is 5.56 Å². The van der Waals surface area contributed by atoms with Crippen LogP contribution in [0.4, 0.5) is 4.39 Å². The summed E-state index contributed by atoms with van der Waals surface area (Å²) >= 11 is 6.20. The van der Waals surface area contributed by atoms with Crippen LogP contribution in [-0.4, -0.2) is 42.5 Å².